The number of rotatable bonds is 8. The Hall–Kier alpha value is -2.66. The van der Waals surface area contributed by atoms with Crippen LogP contribution in [-0.2, 0) is 15.9 Å². The summed E-state index contributed by atoms with van der Waals surface area (Å²) in [6, 6.07) is 2.98. The van der Waals surface area contributed by atoms with E-state index < -0.39 is 29.8 Å². The molecule has 11 heteroatoms. The summed E-state index contributed by atoms with van der Waals surface area (Å²) in [7, 11) is 0. The molecule has 1 aliphatic heterocycles. The molecule has 1 saturated carbocycles. The van der Waals surface area contributed by atoms with Crippen molar-refractivity contribution in [1.29, 1.82) is 0 Å². The van der Waals surface area contributed by atoms with E-state index in [1.54, 1.807) is 0 Å². The quantitative estimate of drug-likeness (QED) is 0.566. The van der Waals surface area contributed by atoms with Crippen LogP contribution in [-0.4, -0.2) is 52.2 Å². The van der Waals surface area contributed by atoms with Crippen LogP contribution in [0.2, 0.25) is 0 Å². The van der Waals surface area contributed by atoms with E-state index in [4.69, 9.17) is 9.47 Å². The molecule has 2 aromatic rings. The van der Waals surface area contributed by atoms with Gasteiger partial charge in [0, 0.05) is 23.5 Å². The van der Waals surface area contributed by atoms with Gasteiger partial charge in [-0.15, -0.1) is 0 Å². The highest BCUT2D eigenvalue weighted by atomic mass is 19.4. The first kappa shape index (κ1) is 22.5. The van der Waals surface area contributed by atoms with Crippen molar-refractivity contribution in [2.45, 2.75) is 50.4 Å². The molecule has 1 atom stereocenters. The predicted molar refractivity (Wildman–Crippen MR) is 106 cm³/mol. The van der Waals surface area contributed by atoms with Gasteiger partial charge in [0.2, 0.25) is 0 Å². The molecule has 3 N–H and O–H groups in total. The number of aromatic nitrogens is 3. The maximum atomic E-state index is 13.1. The highest BCUT2D eigenvalue weighted by Crippen LogP contribution is 2.41. The Balaban J connectivity index is 1.60. The first-order chi connectivity index (χ1) is 15.0. The largest absolute Gasteiger partial charge is 0.484 e. The van der Waals surface area contributed by atoms with E-state index in [1.165, 1.54) is 6.20 Å². The standard InChI is InChI=1S/C21H25F3N4O4/c1-12-5-17(28-27-12)19(2,7-13-3-4-13)26-18(29)15-6-16(32-11-21(22,23)24)14(8-25-15)20(30)9-31-10-20/h5-6,8,13,30H,3-4,7,9-11H2,1-2H3,(H,26,29)(H,27,28). The van der Waals surface area contributed by atoms with Crippen molar-refractivity contribution in [3.8, 4) is 5.75 Å². The minimum atomic E-state index is -4.58. The molecule has 32 heavy (non-hydrogen) atoms. The molecule has 0 bridgehead atoms. The van der Waals surface area contributed by atoms with Gasteiger partial charge in [-0.1, -0.05) is 12.8 Å². The lowest BCUT2D eigenvalue weighted by Gasteiger charge is -2.37. The van der Waals surface area contributed by atoms with Gasteiger partial charge in [0.1, 0.15) is 17.0 Å². The Morgan fingerprint density at radius 1 is 1.38 bits per heavy atom. The number of aliphatic hydroxyl groups is 1. The summed E-state index contributed by atoms with van der Waals surface area (Å²) in [4.78, 5) is 17.2. The molecule has 3 heterocycles. The van der Waals surface area contributed by atoms with E-state index >= 15 is 0 Å². The Kier molecular flexibility index (Phi) is 5.66. The molecule has 2 aliphatic rings. The maximum absolute atomic E-state index is 13.1. The van der Waals surface area contributed by atoms with E-state index in [2.05, 4.69) is 20.5 Å². The van der Waals surface area contributed by atoms with Crippen molar-refractivity contribution in [2.75, 3.05) is 19.8 Å². The zero-order chi connectivity index (χ0) is 23.1. The summed E-state index contributed by atoms with van der Waals surface area (Å²) in [5, 5.41) is 20.6. The minimum absolute atomic E-state index is 0.0493. The van der Waals surface area contributed by atoms with E-state index in [1.807, 2.05) is 19.9 Å². The first-order valence-corrected chi connectivity index (χ1v) is 10.3. The molecule has 0 radical (unpaired) electrons. The van der Waals surface area contributed by atoms with Crippen molar-refractivity contribution in [1.82, 2.24) is 20.5 Å². The number of pyridine rings is 1. The number of amides is 1. The highest BCUT2D eigenvalue weighted by Gasteiger charge is 2.42. The van der Waals surface area contributed by atoms with Gasteiger partial charge in [0.05, 0.1) is 24.4 Å². The Morgan fingerprint density at radius 3 is 2.62 bits per heavy atom. The number of alkyl halides is 3. The molecule has 2 fully saturated rings. The van der Waals surface area contributed by atoms with Crippen LogP contribution in [0.5, 0.6) is 5.75 Å². The fraction of sp³-hybridized carbons (Fsp3) is 0.571. The number of ether oxygens (including phenoxy) is 2. The number of hydrogen-bond donors (Lipinski definition) is 3. The Bertz CT molecular complexity index is 1000. The molecule has 0 aromatic carbocycles. The number of aromatic amines is 1. The van der Waals surface area contributed by atoms with Gasteiger partial charge in [-0.05, 0) is 32.3 Å². The van der Waals surface area contributed by atoms with Crippen LogP contribution < -0.4 is 10.1 Å². The van der Waals surface area contributed by atoms with Crippen LogP contribution >= 0.6 is 0 Å². The molecule has 1 saturated heterocycles. The number of H-pyrrole nitrogens is 1. The van der Waals surface area contributed by atoms with Crippen molar-refractivity contribution >= 4 is 5.91 Å². The molecular weight excluding hydrogens is 429 g/mol. The molecule has 1 unspecified atom stereocenters. The zero-order valence-corrected chi connectivity index (χ0v) is 17.8. The van der Waals surface area contributed by atoms with Crippen molar-refractivity contribution in [3.05, 3.63) is 41.0 Å². The summed E-state index contributed by atoms with van der Waals surface area (Å²) in [6.07, 6.45) is -0.603. The Morgan fingerprint density at radius 2 is 2.09 bits per heavy atom. The van der Waals surface area contributed by atoms with Gasteiger partial charge in [0.25, 0.3) is 5.91 Å². The van der Waals surface area contributed by atoms with Crippen LogP contribution in [0.25, 0.3) is 0 Å². The van der Waals surface area contributed by atoms with Gasteiger partial charge < -0.3 is 19.9 Å². The number of nitrogens with zero attached hydrogens (tertiary/aromatic N) is 2. The maximum Gasteiger partial charge on any atom is 0.422 e. The third-order valence-corrected chi connectivity index (χ3v) is 5.73. The molecule has 1 aliphatic carbocycles. The molecular formula is C21H25F3N4O4. The monoisotopic (exact) mass is 454 g/mol. The summed E-state index contributed by atoms with van der Waals surface area (Å²) >= 11 is 0. The lowest BCUT2D eigenvalue weighted by molar-refractivity contribution is -0.187. The van der Waals surface area contributed by atoms with Crippen LogP contribution in [0.3, 0.4) is 0 Å². The second-order valence-electron chi connectivity index (χ2n) is 8.86. The summed E-state index contributed by atoms with van der Waals surface area (Å²) in [5.41, 5.74) is -0.844. The number of halogens is 3. The smallest absolute Gasteiger partial charge is 0.422 e. The van der Waals surface area contributed by atoms with Crippen LogP contribution in [0, 0.1) is 12.8 Å². The molecule has 0 spiro atoms. The molecule has 174 valence electrons. The lowest BCUT2D eigenvalue weighted by atomic mass is 9.90. The van der Waals surface area contributed by atoms with Gasteiger partial charge in [0.15, 0.2) is 6.61 Å². The average Bonchev–Trinajstić information content (AvgIpc) is 3.39. The number of hydrogen-bond acceptors (Lipinski definition) is 6. The molecule has 4 rings (SSSR count). The molecule has 1 amide bonds. The van der Waals surface area contributed by atoms with Crippen LogP contribution in [0.4, 0.5) is 13.2 Å². The van der Waals surface area contributed by atoms with Gasteiger partial charge in [-0.25, -0.2) is 0 Å². The van der Waals surface area contributed by atoms with E-state index in [9.17, 15) is 23.1 Å². The van der Waals surface area contributed by atoms with Crippen molar-refractivity contribution in [2.24, 2.45) is 5.92 Å². The van der Waals surface area contributed by atoms with Gasteiger partial charge in [-0.3, -0.25) is 14.9 Å². The van der Waals surface area contributed by atoms with Crippen molar-refractivity contribution < 1.29 is 32.5 Å². The van der Waals surface area contributed by atoms with Gasteiger partial charge in [-0.2, -0.15) is 18.3 Å². The fourth-order valence-corrected chi connectivity index (χ4v) is 3.77. The van der Waals surface area contributed by atoms with Crippen LogP contribution in [0.1, 0.15) is 53.6 Å². The second kappa shape index (κ2) is 8.04. The van der Waals surface area contributed by atoms with Crippen LogP contribution in [0.15, 0.2) is 18.3 Å². The summed E-state index contributed by atoms with van der Waals surface area (Å²) < 4.78 is 48.2. The number of nitrogens with one attached hydrogen (secondary N) is 2. The van der Waals surface area contributed by atoms with E-state index in [0.717, 1.165) is 24.6 Å². The SMILES string of the molecule is Cc1cc(C(C)(CC2CC2)NC(=O)c2cc(OCC(F)(F)F)c(C3(O)COC3)cn2)n[nH]1. The fourth-order valence-electron chi connectivity index (χ4n) is 3.77. The van der Waals surface area contributed by atoms with E-state index in [0.29, 0.717) is 18.0 Å². The zero-order valence-electron chi connectivity index (χ0n) is 17.8. The summed E-state index contributed by atoms with van der Waals surface area (Å²) in [6.45, 7) is 1.97. The lowest BCUT2D eigenvalue weighted by Crippen LogP contribution is -2.47. The predicted octanol–water partition coefficient (Wildman–Crippen LogP) is 2.72. The average molecular weight is 454 g/mol. The third kappa shape index (κ3) is 4.88. The number of carbonyl (C=O) groups is 1. The topological polar surface area (TPSA) is 109 Å². The number of carbonyl (C=O) groups excluding carboxylic acids is 1. The second-order valence-corrected chi connectivity index (χ2v) is 8.86. The first-order valence-electron chi connectivity index (χ1n) is 10.3. The minimum Gasteiger partial charge on any atom is -0.484 e. The highest BCUT2D eigenvalue weighted by molar-refractivity contribution is 5.93. The molecule has 2 aromatic heterocycles. The third-order valence-electron chi connectivity index (χ3n) is 5.73. The normalized spacial score (nSPS) is 19.7. The molecule has 8 nitrogen and oxygen atoms in total. The summed E-state index contributed by atoms with van der Waals surface area (Å²) in [5.74, 6) is -0.368. The van der Waals surface area contributed by atoms with Crippen molar-refractivity contribution in [3.63, 3.8) is 0 Å². The van der Waals surface area contributed by atoms with E-state index in [-0.39, 0.29) is 30.2 Å². The Labute approximate surface area is 182 Å². The van der Waals surface area contributed by atoms with Gasteiger partial charge >= 0.3 is 6.18 Å². The number of aryl methyl sites for hydroxylation is 1.